The van der Waals surface area contributed by atoms with Crippen LogP contribution >= 0.6 is 15.9 Å². The molecule has 104 valence electrons. The van der Waals surface area contributed by atoms with Crippen molar-refractivity contribution < 1.29 is 4.39 Å². The van der Waals surface area contributed by atoms with Gasteiger partial charge in [0.2, 0.25) is 0 Å². The first-order chi connectivity index (χ1) is 9.63. The summed E-state index contributed by atoms with van der Waals surface area (Å²) in [5, 5.41) is 0. The monoisotopic (exact) mass is 333 g/mol. The highest BCUT2D eigenvalue weighted by atomic mass is 79.9. The number of rotatable bonds is 3. The van der Waals surface area contributed by atoms with Crippen molar-refractivity contribution in [2.24, 2.45) is 5.73 Å². The third kappa shape index (κ3) is 2.79. The van der Waals surface area contributed by atoms with Gasteiger partial charge >= 0.3 is 0 Å². The number of aryl methyl sites for hydroxylation is 2. The molecule has 0 fully saturated rings. The Bertz CT molecular complexity index is 639. The van der Waals surface area contributed by atoms with Crippen LogP contribution in [-0.2, 0) is 19.3 Å². The summed E-state index contributed by atoms with van der Waals surface area (Å²) >= 11 is 3.21. The Morgan fingerprint density at radius 3 is 2.70 bits per heavy atom. The lowest BCUT2D eigenvalue weighted by Crippen LogP contribution is -2.13. The lowest BCUT2D eigenvalue weighted by atomic mass is 9.97. The molecular formula is C17H17BrFN. The summed E-state index contributed by atoms with van der Waals surface area (Å²) in [6.07, 6.45) is 4.42. The highest BCUT2D eigenvalue weighted by molar-refractivity contribution is 9.10. The van der Waals surface area contributed by atoms with E-state index >= 15 is 0 Å². The minimum absolute atomic E-state index is 0.105. The van der Waals surface area contributed by atoms with Crippen molar-refractivity contribution in [2.75, 3.05) is 0 Å². The molecule has 2 aromatic rings. The summed E-state index contributed by atoms with van der Waals surface area (Å²) in [6.45, 7) is 0. The molecule has 1 nitrogen and oxygen atoms in total. The summed E-state index contributed by atoms with van der Waals surface area (Å²) in [7, 11) is 0. The van der Waals surface area contributed by atoms with Crippen LogP contribution in [0.2, 0.25) is 0 Å². The van der Waals surface area contributed by atoms with Gasteiger partial charge < -0.3 is 5.73 Å². The molecular weight excluding hydrogens is 317 g/mol. The molecule has 0 saturated carbocycles. The molecule has 1 atom stereocenters. The molecule has 0 amide bonds. The molecule has 1 aliphatic rings. The first-order valence-corrected chi connectivity index (χ1v) is 7.74. The zero-order valence-electron chi connectivity index (χ0n) is 11.2. The highest BCUT2D eigenvalue weighted by Crippen LogP contribution is 2.26. The molecule has 3 rings (SSSR count). The Balaban J connectivity index is 1.78. The van der Waals surface area contributed by atoms with Crippen LogP contribution in [0.1, 0.15) is 34.7 Å². The zero-order valence-corrected chi connectivity index (χ0v) is 12.8. The van der Waals surface area contributed by atoms with E-state index in [1.807, 2.05) is 0 Å². The fourth-order valence-corrected chi connectivity index (χ4v) is 3.26. The molecule has 0 heterocycles. The molecule has 0 bridgehead atoms. The van der Waals surface area contributed by atoms with Gasteiger partial charge in [-0.05, 0) is 76.0 Å². The standard InChI is InChI=1S/C17H17BrFN/c18-15-10-14(6-7-16(15)19)17(20)9-11-4-5-12-2-1-3-13(12)8-11/h4-8,10,17H,1-3,9,20H2. The van der Waals surface area contributed by atoms with Crippen LogP contribution < -0.4 is 5.73 Å². The van der Waals surface area contributed by atoms with Crippen LogP contribution in [0.4, 0.5) is 4.39 Å². The van der Waals surface area contributed by atoms with Gasteiger partial charge in [0.15, 0.2) is 0 Å². The van der Waals surface area contributed by atoms with Gasteiger partial charge in [0.1, 0.15) is 5.82 Å². The van der Waals surface area contributed by atoms with E-state index in [-0.39, 0.29) is 11.9 Å². The summed E-state index contributed by atoms with van der Waals surface area (Å²) in [4.78, 5) is 0. The average molecular weight is 334 g/mol. The Morgan fingerprint density at radius 1 is 1.10 bits per heavy atom. The summed E-state index contributed by atoms with van der Waals surface area (Å²) < 4.78 is 13.7. The molecule has 2 N–H and O–H groups in total. The fourth-order valence-electron chi connectivity index (χ4n) is 2.87. The number of halogens is 2. The lowest BCUT2D eigenvalue weighted by Gasteiger charge is -2.14. The van der Waals surface area contributed by atoms with Gasteiger partial charge in [-0.1, -0.05) is 24.3 Å². The minimum atomic E-state index is -0.251. The van der Waals surface area contributed by atoms with E-state index in [0.717, 1.165) is 12.0 Å². The molecule has 20 heavy (non-hydrogen) atoms. The highest BCUT2D eigenvalue weighted by Gasteiger charge is 2.13. The van der Waals surface area contributed by atoms with Crippen molar-refractivity contribution in [3.05, 3.63) is 68.9 Å². The Labute approximate surface area is 127 Å². The third-order valence-electron chi connectivity index (χ3n) is 3.99. The van der Waals surface area contributed by atoms with Crippen molar-refractivity contribution in [2.45, 2.75) is 31.7 Å². The van der Waals surface area contributed by atoms with Crippen LogP contribution in [0.5, 0.6) is 0 Å². The zero-order chi connectivity index (χ0) is 14.1. The van der Waals surface area contributed by atoms with Gasteiger partial charge in [0.25, 0.3) is 0 Å². The van der Waals surface area contributed by atoms with Crippen molar-refractivity contribution >= 4 is 15.9 Å². The maximum absolute atomic E-state index is 13.3. The van der Waals surface area contributed by atoms with Gasteiger partial charge in [-0.15, -0.1) is 0 Å². The van der Waals surface area contributed by atoms with Crippen LogP contribution in [0.25, 0.3) is 0 Å². The quantitative estimate of drug-likeness (QED) is 0.889. The van der Waals surface area contributed by atoms with E-state index in [0.29, 0.717) is 4.47 Å². The Morgan fingerprint density at radius 2 is 1.90 bits per heavy atom. The first kappa shape index (κ1) is 13.8. The number of fused-ring (bicyclic) bond motifs is 1. The molecule has 3 heteroatoms. The van der Waals surface area contributed by atoms with Crippen molar-refractivity contribution in [3.8, 4) is 0 Å². The van der Waals surface area contributed by atoms with Crippen LogP contribution in [0.3, 0.4) is 0 Å². The second-order valence-corrected chi connectivity index (χ2v) is 6.30. The molecule has 1 unspecified atom stereocenters. The smallest absolute Gasteiger partial charge is 0.137 e. The Kier molecular flexibility index (Phi) is 3.90. The molecule has 0 radical (unpaired) electrons. The van der Waals surface area contributed by atoms with E-state index in [9.17, 15) is 4.39 Å². The predicted molar refractivity (Wildman–Crippen MR) is 83.2 cm³/mol. The second kappa shape index (κ2) is 5.66. The lowest BCUT2D eigenvalue weighted by molar-refractivity contribution is 0.617. The molecule has 0 aliphatic heterocycles. The Hall–Kier alpha value is -1.19. The average Bonchev–Trinajstić information content (AvgIpc) is 2.89. The molecule has 0 saturated heterocycles. The topological polar surface area (TPSA) is 26.0 Å². The van der Waals surface area contributed by atoms with E-state index in [1.165, 1.54) is 42.0 Å². The number of nitrogens with two attached hydrogens (primary N) is 1. The first-order valence-electron chi connectivity index (χ1n) is 6.94. The van der Waals surface area contributed by atoms with Gasteiger partial charge in [-0.2, -0.15) is 0 Å². The van der Waals surface area contributed by atoms with Crippen LogP contribution in [0.15, 0.2) is 40.9 Å². The van der Waals surface area contributed by atoms with Crippen molar-refractivity contribution in [1.82, 2.24) is 0 Å². The number of hydrogen-bond acceptors (Lipinski definition) is 1. The van der Waals surface area contributed by atoms with Gasteiger partial charge in [0, 0.05) is 6.04 Å². The maximum atomic E-state index is 13.3. The minimum Gasteiger partial charge on any atom is -0.324 e. The van der Waals surface area contributed by atoms with Gasteiger partial charge in [0.05, 0.1) is 4.47 Å². The van der Waals surface area contributed by atoms with Crippen LogP contribution in [-0.4, -0.2) is 0 Å². The normalized spacial score (nSPS) is 15.2. The third-order valence-corrected chi connectivity index (χ3v) is 4.60. The van der Waals surface area contributed by atoms with Gasteiger partial charge in [-0.3, -0.25) is 0 Å². The van der Waals surface area contributed by atoms with E-state index in [4.69, 9.17) is 5.73 Å². The maximum Gasteiger partial charge on any atom is 0.137 e. The molecule has 0 spiro atoms. The van der Waals surface area contributed by atoms with Gasteiger partial charge in [-0.25, -0.2) is 4.39 Å². The van der Waals surface area contributed by atoms with Crippen molar-refractivity contribution in [1.29, 1.82) is 0 Å². The summed E-state index contributed by atoms with van der Waals surface area (Å²) in [5.41, 5.74) is 11.4. The fraction of sp³-hybridized carbons (Fsp3) is 0.294. The second-order valence-electron chi connectivity index (χ2n) is 5.44. The molecule has 0 aromatic heterocycles. The summed E-state index contributed by atoms with van der Waals surface area (Å²) in [5.74, 6) is -0.251. The molecule has 2 aromatic carbocycles. The summed E-state index contributed by atoms with van der Waals surface area (Å²) in [6, 6.07) is 11.6. The van der Waals surface area contributed by atoms with E-state index < -0.39 is 0 Å². The van der Waals surface area contributed by atoms with Crippen molar-refractivity contribution in [3.63, 3.8) is 0 Å². The van der Waals surface area contributed by atoms with E-state index in [2.05, 4.69) is 34.1 Å². The number of hydrogen-bond donors (Lipinski definition) is 1. The SMILES string of the molecule is NC(Cc1ccc2c(c1)CCC2)c1ccc(F)c(Br)c1. The predicted octanol–water partition coefficient (Wildman–Crippen LogP) is 4.32. The van der Waals surface area contributed by atoms with Crippen LogP contribution in [0, 0.1) is 5.82 Å². The van der Waals surface area contributed by atoms with E-state index in [1.54, 1.807) is 12.1 Å². The molecule has 1 aliphatic carbocycles. The largest absolute Gasteiger partial charge is 0.324 e. The number of benzene rings is 2.